The number of nitrogens with zero attached hydrogens (tertiary/aromatic N) is 1. The number of guanidine groups is 1. The predicted octanol–water partition coefficient (Wildman–Crippen LogP) is 3.45. The second-order valence-corrected chi connectivity index (χ2v) is 5.79. The molecule has 0 radical (unpaired) electrons. The molecular formula is C20H30IN3O4. The molecule has 2 rings (SSSR count). The van der Waals surface area contributed by atoms with Crippen LogP contribution in [0.15, 0.2) is 52.1 Å². The highest BCUT2D eigenvalue weighted by Gasteiger charge is 2.00. The van der Waals surface area contributed by atoms with Crippen molar-refractivity contribution in [1.29, 1.82) is 0 Å². The number of furan rings is 1. The number of nitrogens with one attached hydrogen (secondary N) is 2. The maximum atomic E-state index is 5.72. The van der Waals surface area contributed by atoms with Crippen LogP contribution < -0.4 is 20.1 Å². The molecule has 1 heterocycles. The van der Waals surface area contributed by atoms with E-state index in [1.54, 1.807) is 20.4 Å². The van der Waals surface area contributed by atoms with Crippen LogP contribution in [0.3, 0.4) is 0 Å². The molecule has 28 heavy (non-hydrogen) atoms. The quantitative estimate of drug-likeness (QED) is 0.200. The Labute approximate surface area is 183 Å². The van der Waals surface area contributed by atoms with Crippen LogP contribution in [-0.4, -0.2) is 46.4 Å². The number of halogens is 1. The Bertz CT molecular complexity index is 665. The smallest absolute Gasteiger partial charge is 0.190 e. The fraction of sp³-hybridized carbons (Fsp3) is 0.450. The van der Waals surface area contributed by atoms with Crippen LogP contribution in [0, 0.1) is 0 Å². The van der Waals surface area contributed by atoms with Crippen LogP contribution in [0.2, 0.25) is 0 Å². The van der Waals surface area contributed by atoms with Crippen LogP contribution in [0.5, 0.6) is 11.5 Å². The van der Waals surface area contributed by atoms with Crippen molar-refractivity contribution in [2.45, 2.75) is 19.4 Å². The average molecular weight is 503 g/mol. The second-order valence-electron chi connectivity index (χ2n) is 5.79. The maximum Gasteiger partial charge on any atom is 0.190 e. The molecule has 1 aromatic heterocycles. The van der Waals surface area contributed by atoms with E-state index in [1.165, 1.54) is 0 Å². The molecule has 0 saturated carbocycles. The molecule has 0 unspecified atom stereocenters. The highest BCUT2D eigenvalue weighted by atomic mass is 127. The highest BCUT2D eigenvalue weighted by Crippen LogP contribution is 2.18. The molecular weight excluding hydrogens is 473 g/mol. The van der Waals surface area contributed by atoms with Crippen molar-refractivity contribution >= 4 is 29.9 Å². The minimum atomic E-state index is 0. The minimum Gasteiger partial charge on any atom is -0.497 e. The number of hydrogen-bond donors (Lipinski definition) is 2. The second kappa shape index (κ2) is 15.0. The Morgan fingerprint density at radius 2 is 1.79 bits per heavy atom. The first-order valence-electron chi connectivity index (χ1n) is 9.13. The van der Waals surface area contributed by atoms with Gasteiger partial charge in [-0.3, -0.25) is 4.99 Å². The third-order valence-corrected chi connectivity index (χ3v) is 3.73. The molecule has 0 aliphatic rings. The van der Waals surface area contributed by atoms with Crippen LogP contribution in [0.25, 0.3) is 0 Å². The third-order valence-electron chi connectivity index (χ3n) is 3.73. The summed E-state index contributed by atoms with van der Waals surface area (Å²) >= 11 is 0. The maximum absolute atomic E-state index is 5.72. The molecule has 2 N–H and O–H groups in total. The molecule has 0 bridgehead atoms. The van der Waals surface area contributed by atoms with Gasteiger partial charge in [0.2, 0.25) is 0 Å². The van der Waals surface area contributed by atoms with Crippen molar-refractivity contribution in [2.24, 2.45) is 4.99 Å². The van der Waals surface area contributed by atoms with Gasteiger partial charge in [-0.15, -0.1) is 24.0 Å². The van der Waals surface area contributed by atoms with Crippen molar-refractivity contribution in [1.82, 2.24) is 10.6 Å². The number of rotatable bonds is 12. The van der Waals surface area contributed by atoms with Gasteiger partial charge in [0.1, 0.15) is 23.9 Å². The van der Waals surface area contributed by atoms with Gasteiger partial charge in [0.15, 0.2) is 5.96 Å². The van der Waals surface area contributed by atoms with Gasteiger partial charge in [-0.25, -0.2) is 0 Å². The molecule has 0 atom stereocenters. The Morgan fingerprint density at radius 1 is 1.04 bits per heavy atom. The average Bonchev–Trinajstić information content (AvgIpc) is 3.22. The fourth-order valence-electron chi connectivity index (χ4n) is 2.33. The third kappa shape index (κ3) is 9.84. The van der Waals surface area contributed by atoms with Crippen LogP contribution in [-0.2, 0) is 11.3 Å². The standard InChI is InChI=1S/C20H29N3O4.HI/c1-21-20(22-10-5-12-25-16-19-9-4-13-27-19)23-11-6-14-26-18-8-3-7-17(15-18)24-2;/h3-4,7-9,13,15H,5-6,10-12,14,16H2,1-2H3,(H2,21,22,23);1H. The molecule has 0 amide bonds. The van der Waals surface area contributed by atoms with Crippen LogP contribution in [0.1, 0.15) is 18.6 Å². The van der Waals surface area contributed by atoms with E-state index >= 15 is 0 Å². The summed E-state index contributed by atoms with van der Waals surface area (Å²) in [4.78, 5) is 4.21. The van der Waals surface area contributed by atoms with Crippen LogP contribution in [0.4, 0.5) is 0 Å². The van der Waals surface area contributed by atoms with E-state index in [1.807, 2.05) is 36.4 Å². The summed E-state index contributed by atoms with van der Waals surface area (Å²) < 4.78 is 21.7. The molecule has 0 aliphatic carbocycles. The molecule has 0 aliphatic heterocycles. The van der Waals surface area contributed by atoms with Gasteiger partial charge in [0.25, 0.3) is 0 Å². The lowest BCUT2D eigenvalue weighted by molar-refractivity contribution is 0.105. The van der Waals surface area contributed by atoms with E-state index in [-0.39, 0.29) is 24.0 Å². The van der Waals surface area contributed by atoms with Crippen LogP contribution >= 0.6 is 24.0 Å². The lowest BCUT2D eigenvalue weighted by atomic mass is 10.3. The SMILES string of the molecule is CN=C(NCCCOCc1ccco1)NCCCOc1cccc(OC)c1.I. The summed E-state index contributed by atoms with van der Waals surface area (Å²) in [6.45, 7) is 3.36. The van der Waals surface area contributed by atoms with E-state index in [0.29, 0.717) is 19.8 Å². The lowest BCUT2D eigenvalue weighted by Crippen LogP contribution is -2.38. The fourth-order valence-corrected chi connectivity index (χ4v) is 2.33. The van der Waals surface area contributed by atoms with Gasteiger partial charge in [-0.1, -0.05) is 6.07 Å². The van der Waals surface area contributed by atoms with Crippen molar-refractivity contribution in [3.63, 3.8) is 0 Å². The minimum absolute atomic E-state index is 0. The summed E-state index contributed by atoms with van der Waals surface area (Å²) in [6.07, 6.45) is 3.40. The topological polar surface area (TPSA) is 77.3 Å². The van der Waals surface area contributed by atoms with E-state index < -0.39 is 0 Å². The Balaban J connectivity index is 0.00000392. The number of ether oxygens (including phenoxy) is 3. The van der Waals surface area contributed by atoms with Gasteiger partial charge in [-0.05, 0) is 37.1 Å². The van der Waals surface area contributed by atoms with E-state index in [9.17, 15) is 0 Å². The molecule has 1 aromatic carbocycles. The molecule has 0 spiro atoms. The lowest BCUT2D eigenvalue weighted by Gasteiger charge is -2.12. The zero-order valence-electron chi connectivity index (χ0n) is 16.5. The molecule has 0 saturated heterocycles. The van der Waals surface area contributed by atoms with Gasteiger partial charge < -0.3 is 29.3 Å². The van der Waals surface area contributed by atoms with Gasteiger partial charge in [0, 0.05) is 32.8 Å². The molecule has 8 heteroatoms. The number of aliphatic imine (C=N–C) groups is 1. The number of hydrogen-bond acceptors (Lipinski definition) is 5. The first-order chi connectivity index (χ1) is 13.3. The molecule has 7 nitrogen and oxygen atoms in total. The Hall–Kier alpha value is -1.94. The highest BCUT2D eigenvalue weighted by molar-refractivity contribution is 14.0. The van der Waals surface area contributed by atoms with E-state index in [0.717, 1.165) is 49.1 Å². The van der Waals surface area contributed by atoms with E-state index in [2.05, 4.69) is 15.6 Å². The summed E-state index contributed by atoms with van der Waals surface area (Å²) in [6, 6.07) is 11.4. The van der Waals surface area contributed by atoms with E-state index in [4.69, 9.17) is 18.6 Å². The number of benzene rings is 1. The van der Waals surface area contributed by atoms with Crippen molar-refractivity contribution in [3.05, 3.63) is 48.4 Å². The summed E-state index contributed by atoms with van der Waals surface area (Å²) in [5.74, 6) is 3.23. The monoisotopic (exact) mass is 503 g/mol. The first kappa shape index (κ1) is 24.1. The normalized spacial score (nSPS) is 10.9. The van der Waals surface area contributed by atoms with Gasteiger partial charge >= 0.3 is 0 Å². The molecule has 0 fully saturated rings. The van der Waals surface area contributed by atoms with Crippen molar-refractivity contribution < 1.29 is 18.6 Å². The van der Waals surface area contributed by atoms with Gasteiger partial charge in [0.05, 0.1) is 20.0 Å². The molecule has 156 valence electrons. The largest absolute Gasteiger partial charge is 0.497 e. The van der Waals surface area contributed by atoms with Gasteiger partial charge in [-0.2, -0.15) is 0 Å². The molecule has 2 aromatic rings. The zero-order chi connectivity index (χ0) is 19.2. The van der Waals surface area contributed by atoms with Crippen molar-refractivity contribution in [2.75, 3.05) is 40.5 Å². The summed E-state index contributed by atoms with van der Waals surface area (Å²) in [5, 5.41) is 6.53. The number of methoxy groups -OCH3 is 1. The summed E-state index contributed by atoms with van der Waals surface area (Å²) in [7, 11) is 3.41. The van der Waals surface area contributed by atoms with Crippen molar-refractivity contribution in [3.8, 4) is 11.5 Å². The zero-order valence-corrected chi connectivity index (χ0v) is 18.8. The first-order valence-corrected chi connectivity index (χ1v) is 9.13. The Morgan fingerprint density at radius 3 is 2.46 bits per heavy atom. The summed E-state index contributed by atoms with van der Waals surface area (Å²) in [5.41, 5.74) is 0. The Kier molecular flexibility index (Phi) is 12.9. The predicted molar refractivity (Wildman–Crippen MR) is 121 cm³/mol.